The standard InChI is InChI=1S/C71H106O6/c1-4-7-10-13-16-19-22-25-28-29-30-31-32-33-34-35-36-37-38-39-40-41-44-46-49-52-55-58-61-64-70(73)76-67-68(77-71(74)65-62-59-56-53-50-47-43-27-24-21-18-15-12-9-6-3)66-75-69(72)63-60-57-54-51-48-45-42-26-23-20-17-14-11-8-5-2/h7-12,16-21,25-28,30-31,33-34,36-37,39-40,42-44,46,50,52-53,55,68H,4-6,13-15,22-24,29,32,35,38,41,45,47-49,51,54,56-67H2,1-3H3/b10-7-,11-8-,12-9-,19-16-,20-17-,21-18-,28-25-,31-30-,34-33-,37-36-,40-39-,42-26-,43-27-,46-44-,53-50-,55-52-. The van der Waals surface area contributed by atoms with Gasteiger partial charge in [0.25, 0.3) is 0 Å². The molecule has 1 unspecified atom stereocenters. The number of allylic oxidation sites excluding steroid dienone is 32. The third-order valence-corrected chi connectivity index (χ3v) is 11.6. The highest BCUT2D eigenvalue weighted by atomic mass is 16.6. The maximum Gasteiger partial charge on any atom is 0.306 e. The van der Waals surface area contributed by atoms with Crippen molar-refractivity contribution >= 4 is 17.9 Å². The summed E-state index contributed by atoms with van der Waals surface area (Å²) in [4.78, 5) is 38.2. The maximum absolute atomic E-state index is 12.8. The first-order valence-electron chi connectivity index (χ1n) is 29.9. The van der Waals surface area contributed by atoms with Crippen LogP contribution in [-0.2, 0) is 28.6 Å². The SMILES string of the molecule is CC/C=C\C/C=C\C/C=C\C/C=C\C/C=C\C/C=C\C/C=C\C/C=C\C/C=C\CCCC(=O)OCC(COC(=O)CCCCCCC/C=C\C/C=C\C/C=C\CC)OC(=O)CCCC/C=C\C/C=C\C/C=C\C/C=C\CC. The minimum atomic E-state index is -0.843. The zero-order valence-corrected chi connectivity index (χ0v) is 48.6. The van der Waals surface area contributed by atoms with E-state index in [4.69, 9.17) is 14.2 Å². The van der Waals surface area contributed by atoms with E-state index in [1.807, 2.05) is 0 Å². The van der Waals surface area contributed by atoms with Crippen LogP contribution in [0.25, 0.3) is 0 Å². The number of ether oxygens (including phenoxy) is 3. The van der Waals surface area contributed by atoms with Crippen LogP contribution < -0.4 is 0 Å². The minimum Gasteiger partial charge on any atom is -0.462 e. The van der Waals surface area contributed by atoms with Crippen molar-refractivity contribution in [2.45, 2.75) is 219 Å². The van der Waals surface area contributed by atoms with Crippen LogP contribution in [0.3, 0.4) is 0 Å². The van der Waals surface area contributed by atoms with Crippen molar-refractivity contribution in [1.29, 1.82) is 0 Å². The van der Waals surface area contributed by atoms with Gasteiger partial charge in [0, 0.05) is 19.3 Å². The average molecular weight is 1060 g/mol. The summed E-state index contributed by atoms with van der Waals surface area (Å²) in [7, 11) is 0. The first-order valence-corrected chi connectivity index (χ1v) is 29.9. The molecule has 426 valence electrons. The zero-order valence-electron chi connectivity index (χ0n) is 48.6. The number of carbonyl (C=O) groups is 3. The van der Waals surface area contributed by atoms with Crippen LogP contribution in [0.15, 0.2) is 194 Å². The molecular weight excluding hydrogens is 949 g/mol. The second-order valence-electron chi connectivity index (χ2n) is 18.8. The largest absolute Gasteiger partial charge is 0.462 e. The molecule has 0 rings (SSSR count). The number of carbonyl (C=O) groups excluding carboxylic acids is 3. The fourth-order valence-electron chi connectivity index (χ4n) is 7.21. The van der Waals surface area contributed by atoms with E-state index < -0.39 is 6.10 Å². The molecule has 0 spiro atoms. The summed E-state index contributed by atoms with van der Waals surface area (Å²) < 4.78 is 16.8. The van der Waals surface area contributed by atoms with Crippen molar-refractivity contribution in [3.05, 3.63) is 194 Å². The van der Waals surface area contributed by atoms with E-state index in [0.717, 1.165) is 161 Å². The fourth-order valence-corrected chi connectivity index (χ4v) is 7.21. The summed E-state index contributed by atoms with van der Waals surface area (Å²) in [6, 6.07) is 0. The fraction of sp³-hybridized carbons (Fsp3) is 0.507. The number of hydrogen-bond donors (Lipinski definition) is 0. The van der Waals surface area contributed by atoms with Gasteiger partial charge in [-0.3, -0.25) is 14.4 Å². The number of hydrogen-bond acceptors (Lipinski definition) is 6. The second kappa shape index (κ2) is 62.8. The van der Waals surface area contributed by atoms with Crippen LogP contribution in [0, 0.1) is 0 Å². The lowest BCUT2D eigenvalue weighted by Gasteiger charge is -2.18. The van der Waals surface area contributed by atoms with E-state index in [1.54, 1.807) is 0 Å². The molecule has 0 aliphatic heterocycles. The summed E-state index contributed by atoms with van der Waals surface area (Å²) in [5.74, 6) is -1.07. The van der Waals surface area contributed by atoms with Gasteiger partial charge in [-0.25, -0.2) is 0 Å². The molecule has 0 saturated heterocycles. The molecular formula is C71H106O6. The third-order valence-electron chi connectivity index (χ3n) is 11.6. The van der Waals surface area contributed by atoms with E-state index >= 15 is 0 Å². The van der Waals surface area contributed by atoms with Crippen LogP contribution in [0.2, 0.25) is 0 Å². The van der Waals surface area contributed by atoms with Gasteiger partial charge in [0.05, 0.1) is 0 Å². The topological polar surface area (TPSA) is 78.9 Å². The van der Waals surface area contributed by atoms with Gasteiger partial charge in [-0.2, -0.15) is 0 Å². The van der Waals surface area contributed by atoms with E-state index in [1.165, 1.54) is 0 Å². The molecule has 0 aliphatic rings. The minimum absolute atomic E-state index is 0.133. The lowest BCUT2D eigenvalue weighted by atomic mass is 10.1. The van der Waals surface area contributed by atoms with Gasteiger partial charge in [-0.15, -0.1) is 0 Å². The summed E-state index contributed by atoms with van der Waals surface area (Å²) in [6.07, 6.45) is 95.8. The zero-order chi connectivity index (χ0) is 55.7. The van der Waals surface area contributed by atoms with Gasteiger partial charge in [-0.1, -0.05) is 234 Å². The lowest BCUT2D eigenvalue weighted by molar-refractivity contribution is -0.167. The first kappa shape index (κ1) is 71.2. The smallest absolute Gasteiger partial charge is 0.306 e. The molecule has 0 aliphatic carbocycles. The molecule has 0 fully saturated rings. The summed E-state index contributed by atoms with van der Waals surface area (Å²) in [5.41, 5.74) is 0. The molecule has 0 amide bonds. The van der Waals surface area contributed by atoms with Gasteiger partial charge < -0.3 is 14.2 Å². The van der Waals surface area contributed by atoms with Crippen molar-refractivity contribution in [1.82, 2.24) is 0 Å². The highest BCUT2D eigenvalue weighted by molar-refractivity contribution is 5.71. The van der Waals surface area contributed by atoms with Crippen molar-refractivity contribution in [2.24, 2.45) is 0 Å². The Labute approximate surface area is 471 Å². The van der Waals surface area contributed by atoms with E-state index in [2.05, 4.69) is 215 Å². The molecule has 0 aromatic carbocycles. The van der Waals surface area contributed by atoms with Crippen molar-refractivity contribution in [2.75, 3.05) is 13.2 Å². The van der Waals surface area contributed by atoms with E-state index in [0.29, 0.717) is 19.3 Å². The number of esters is 3. The third kappa shape index (κ3) is 61.0. The highest BCUT2D eigenvalue weighted by Crippen LogP contribution is 2.11. The van der Waals surface area contributed by atoms with Gasteiger partial charge in [0.15, 0.2) is 6.10 Å². The molecule has 0 bridgehead atoms. The van der Waals surface area contributed by atoms with Crippen molar-refractivity contribution in [3.8, 4) is 0 Å². The molecule has 0 saturated carbocycles. The molecule has 6 heteroatoms. The summed E-state index contributed by atoms with van der Waals surface area (Å²) in [5, 5.41) is 0. The monoisotopic (exact) mass is 1050 g/mol. The summed E-state index contributed by atoms with van der Waals surface area (Å²) in [6.45, 7) is 6.17. The Bertz CT molecular complexity index is 1880. The van der Waals surface area contributed by atoms with Crippen LogP contribution in [0.5, 0.6) is 0 Å². The van der Waals surface area contributed by atoms with Gasteiger partial charge in [-0.05, 0) is 154 Å². The molecule has 0 radical (unpaired) electrons. The van der Waals surface area contributed by atoms with Crippen molar-refractivity contribution < 1.29 is 28.6 Å². The Morgan fingerprint density at radius 1 is 0.260 bits per heavy atom. The Morgan fingerprint density at radius 2 is 0.481 bits per heavy atom. The Kier molecular flexibility index (Phi) is 58.1. The normalized spacial score (nSPS) is 13.5. The van der Waals surface area contributed by atoms with E-state index in [9.17, 15) is 14.4 Å². The molecule has 0 N–H and O–H groups in total. The quantitative estimate of drug-likeness (QED) is 0.0261. The lowest BCUT2D eigenvalue weighted by Crippen LogP contribution is -2.30. The molecule has 0 aromatic heterocycles. The van der Waals surface area contributed by atoms with Crippen LogP contribution in [-0.4, -0.2) is 37.2 Å². The van der Waals surface area contributed by atoms with Crippen molar-refractivity contribution in [3.63, 3.8) is 0 Å². The van der Waals surface area contributed by atoms with Gasteiger partial charge >= 0.3 is 17.9 Å². The van der Waals surface area contributed by atoms with Crippen LogP contribution >= 0.6 is 0 Å². The predicted octanol–water partition coefficient (Wildman–Crippen LogP) is 20.6. The Morgan fingerprint density at radius 3 is 0.805 bits per heavy atom. The predicted molar refractivity (Wildman–Crippen MR) is 334 cm³/mol. The number of unbranched alkanes of at least 4 members (excludes halogenated alkanes) is 8. The second-order valence-corrected chi connectivity index (χ2v) is 18.8. The average Bonchev–Trinajstić information content (AvgIpc) is 3.43. The molecule has 0 aromatic rings. The highest BCUT2D eigenvalue weighted by Gasteiger charge is 2.19. The molecule has 0 heterocycles. The summed E-state index contributed by atoms with van der Waals surface area (Å²) >= 11 is 0. The van der Waals surface area contributed by atoms with Crippen LogP contribution in [0.4, 0.5) is 0 Å². The van der Waals surface area contributed by atoms with Crippen LogP contribution in [0.1, 0.15) is 213 Å². The Balaban J connectivity index is 4.54. The molecule has 77 heavy (non-hydrogen) atoms. The molecule has 6 nitrogen and oxygen atoms in total. The van der Waals surface area contributed by atoms with E-state index in [-0.39, 0.29) is 44.0 Å². The Hall–Kier alpha value is -5.75. The number of rotatable bonds is 51. The van der Waals surface area contributed by atoms with Gasteiger partial charge in [0.2, 0.25) is 0 Å². The van der Waals surface area contributed by atoms with Gasteiger partial charge in [0.1, 0.15) is 13.2 Å². The maximum atomic E-state index is 12.8. The first-order chi connectivity index (χ1) is 38.0. The molecule has 1 atom stereocenters.